The molecule has 0 bridgehead atoms. The van der Waals surface area contributed by atoms with Crippen LogP contribution in [-0.2, 0) is 35.2 Å². The number of aliphatic hydroxyl groups is 1. The summed E-state index contributed by atoms with van der Waals surface area (Å²) >= 11 is 0. The lowest BCUT2D eigenvalue weighted by Gasteiger charge is -2.55. The van der Waals surface area contributed by atoms with Crippen LogP contribution in [0, 0.1) is 23.2 Å². The Morgan fingerprint density at radius 3 is 2.49 bits per heavy atom. The van der Waals surface area contributed by atoms with E-state index in [4.69, 9.17) is 24.6 Å². The summed E-state index contributed by atoms with van der Waals surface area (Å²) in [5, 5.41) is 28.3. The Morgan fingerprint density at radius 2 is 1.82 bits per heavy atom. The van der Waals surface area contributed by atoms with Gasteiger partial charge in [0.2, 0.25) is 5.78 Å². The Labute approximate surface area is 261 Å². The molecule has 1 aromatic carbocycles. The number of allylic oxidation sites excluding steroid dienone is 4. The molecule has 3 aliphatic carbocycles. The first-order valence-corrected chi connectivity index (χ1v) is 15.3. The van der Waals surface area contributed by atoms with Crippen molar-refractivity contribution in [3.63, 3.8) is 0 Å². The molecule has 8 atom stereocenters. The molecule has 45 heavy (non-hydrogen) atoms. The molecule has 2 saturated carbocycles. The molecule has 11 nitrogen and oxygen atoms in total. The number of esters is 1. The van der Waals surface area contributed by atoms with Crippen molar-refractivity contribution in [1.29, 1.82) is 0 Å². The SMILES string of the molecule is C[C@@H]1C=CC(=O)C=C1CCC1[C@@H]2C[C@H]3OC(C)(C)O[C@@]3(C(=O)COC(=O)c3ccc(CON(O)O)cc3)[C@@]2(C)C[C@H](O)[C@@]1(C)F. The zero-order chi connectivity index (χ0) is 32.9. The number of carbonyl (C=O) groups is 3. The average Bonchev–Trinajstić information content (AvgIpc) is 3.37. The fraction of sp³-hybridized carbons (Fsp3) is 0.606. The summed E-state index contributed by atoms with van der Waals surface area (Å²) in [6.45, 7) is 7.82. The van der Waals surface area contributed by atoms with Crippen LogP contribution in [0.2, 0.25) is 0 Å². The first-order chi connectivity index (χ1) is 21.0. The first kappa shape index (κ1) is 33.5. The molecule has 1 heterocycles. The number of benzene rings is 1. The molecule has 0 amide bonds. The van der Waals surface area contributed by atoms with Crippen LogP contribution in [0.25, 0.3) is 0 Å². The first-order valence-electron chi connectivity index (χ1n) is 15.3. The predicted molar refractivity (Wildman–Crippen MR) is 155 cm³/mol. The van der Waals surface area contributed by atoms with E-state index < -0.39 is 70.3 Å². The Balaban J connectivity index is 1.37. The number of ketones is 2. The number of fused-ring (bicyclic) bond motifs is 3. The number of ether oxygens (including phenoxy) is 3. The van der Waals surface area contributed by atoms with E-state index in [2.05, 4.69) is 4.84 Å². The quantitative estimate of drug-likeness (QED) is 0.248. The molecule has 3 N–H and O–H groups in total. The number of hydrogen-bond donors (Lipinski definition) is 3. The van der Waals surface area contributed by atoms with Crippen molar-refractivity contribution in [1.82, 2.24) is 5.39 Å². The molecular formula is C33H42FNO10. The molecule has 1 saturated heterocycles. The van der Waals surface area contributed by atoms with Crippen molar-refractivity contribution in [2.24, 2.45) is 23.2 Å². The number of nitrogens with zero attached hydrogens (tertiary/aromatic N) is 1. The maximum atomic E-state index is 16.5. The van der Waals surface area contributed by atoms with Gasteiger partial charge >= 0.3 is 5.97 Å². The monoisotopic (exact) mass is 631 g/mol. The summed E-state index contributed by atoms with van der Waals surface area (Å²) in [4.78, 5) is 43.7. The van der Waals surface area contributed by atoms with Crippen LogP contribution in [0.4, 0.5) is 4.39 Å². The minimum Gasteiger partial charge on any atom is -0.454 e. The number of carbonyl (C=O) groups excluding carboxylic acids is 3. The molecule has 1 aromatic rings. The van der Waals surface area contributed by atoms with Gasteiger partial charge in [0.05, 0.1) is 29.8 Å². The number of rotatable bonds is 10. The standard InChI is InChI=1S/C33H42FNO10/c1-19-6-12-23(36)14-22(19)11-13-24-25-15-28-33(45-30(2,3)44-28,31(25,4)16-26(37)32(24,5)34)27(38)18-42-29(39)21-9-7-20(8-10-21)17-43-35(40)41/h6-10,12,14,19,24-26,28,37,40-41H,11,13,15-18H2,1-5H3/t19-,24?,25+,26+,28-,31+,32+,33-/m1/s1. The average molecular weight is 632 g/mol. The highest BCUT2D eigenvalue weighted by Gasteiger charge is 2.77. The van der Waals surface area contributed by atoms with Gasteiger partial charge in [0.15, 0.2) is 23.8 Å². The van der Waals surface area contributed by atoms with Gasteiger partial charge in [-0.15, -0.1) is 0 Å². The molecule has 246 valence electrons. The van der Waals surface area contributed by atoms with Crippen LogP contribution in [0.1, 0.15) is 76.2 Å². The third-order valence-corrected chi connectivity index (χ3v) is 10.4. The second-order valence-corrected chi connectivity index (χ2v) is 13.6. The largest absolute Gasteiger partial charge is 0.454 e. The number of halogens is 1. The number of hydrogen-bond acceptors (Lipinski definition) is 11. The Bertz CT molecular complexity index is 1390. The van der Waals surface area contributed by atoms with Gasteiger partial charge in [-0.3, -0.25) is 20.0 Å². The van der Waals surface area contributed by atoms with Gasteiger partial charge in [0, 0.05) is 5.41 Å². The molecule has 0 spiro atoms. The van der Waals surface area contributed by atoms with Gasteiger partial charge in [-0.05, 0) is 94.1 Å². The third kappa shape index (κ3) is 6.05. The van der Waals surface area contributed by atoms with Gasteiger partial charge in [0.25, 0.3) is 0 Å². The van der Waals surface area contributed by atoms with E-state index in [1.807, 2.05) is 19.9 Å². The smallest absolute Gasteiger partial charge is 0.338 e. The summed E-state index contributed by atoms with van der Waals surface area (Å²) in [5.41, 5.74) is -3.02. The van der Waals surface area contributed by atoms with E-state index in [1.54, 1.807) is 19.9 Å². The summed E-state index contributed by atoms with van der Waals surface area (Å²) < 4.78 is 34.6. The fourth-order valence-electron chi connectivity index (χ4n) is 8.10. The maximum absolute atomic E-state index is 16.5. The molecular weight excluding hydrogens is 589 g/mol. The van der Waals surface area contributed by atoms with E-state index in [9.17, 15) is 19.5 Å². The summed E-state index contributed by atoms with van der Waals surface area (Å²) in [6.07, 6.45) is 3.86. The summed E-state index contributed by atoms with van der Waals surface area (Å²) in [7, 11) is 0. The van der Waals surface area contributed by atoms with Crippen LogP contribution in [0.15, 0.2) is 48.1 Å². The van der Waals surface area contributed by atoms with E-state index in [0.717, 1.165) is 5.57 Å². The van der Waals surface area contributed by atoms with Gasteiger partial charge < -0.3 is 19.3 Å². The summed E-state index contributed by atoms with van der Waals surface area (Å²) in [5.74, 6) is -3.60. The van der Waals surface area contributed by atoms with Crippen LogP contribution in [0.3, 0.4) is 0 Å². The van der Waals surface area contributed by atoms with Gasteiger partial charge in [-0.2, -0.15) is 0 Å². The number of aliphatic hydroxyl groups excluding tert-OH is 1. The van der Waals surface area contributed by atoms with Crippen molar-refractivity contribution >= 4 is 17.5 Å². The number of alkyl halides is 1. The lowest BCUT2D eigenvalue weighted by Crippen LogP contribution is -2.64. The van der Waals surface area contributed by atoms with Crippen molar-refractivity contribution in [3.05, 3.63) is 59.2 Å². The molecule has 4 aliphatic rings. The predicted octanol–water partition coefficient (Wildman–Crippen LogP) is 4.43. The van der Waals surface area contributed by atoms with Crippen LogP contribution in [0.5, 0.6) is 0 Å². The lowest BCUT2D eigenvalue weighted by molar-refractivity contribution is -0.497. The van der Waals surface area contributed by atoms with E-state index in [0.29, 0.717) is 24.8 Å². The highest BCUT2D eigenvalue weighted by atomic mass is 19.1. The molecule has 1 aliphatic heterocycles. The minimum atomic E-state index is -1.96. The molecule has 3 fully saturated rings. The van der Waals surface area contributed by atoms with E-state index >= 15 is 4.39 Å². The normalized spacial score (nSPS) is 36.9. The Morgan fingerprint density at radius 1 is 1.13 bits per heavy atom. The molecule has 0 aromatic heterocycles. The molecule has 12 heteroatoms. The van der Waals surface area contributed by atoms with Crippen LogP contribution < -0.4 is 0 Å². The second-order valence-electron chi connectivity index (χ2n) is 13.6. The lowest BCUT2D eigenvalue weighted by atomic mass is 9.53. The van der Waals surface area contributed by atoms with Crippen molar-refractivity contribution in [3.8, 4) is 0 Å². The Kier molecular flexibility index (Phi) is 8.99. The van der Waals surface area contributed by atoms with Crippen molar-refractivity contribution in [2.45, 2.75) is 96.2 Å². The highest BCUT2D eigenvalue weighted by molar-refractivity contribution is 6.00. The van der Waals surface area contributed by atoms with Gasteiger partial charge in [-0.1, -0.05) is 37.6 Å². The zero-order valence-electron chi connectivity index (χ0n) is 26.2. The van der Waals surface area contributed by atoms with Crippen molar-refractivity contribution in [2.75, 3.05) is 6.61 Å². The third-order valence-electron chi connectivity index (χ3n) is 10.4. The second kappa shape index (κ2) is 12.1. The van der Waals surface area contributed by atoms with Crippen LogP contribution in [-0.4, -0.2) is 74.3 Å². The minimum absolute atomic E-state index is 0.0301. The molecule has 1 unspecified atom stereocenters. The summed E-state index contributed by atoms with van der Waals surface area (Å²) in [6, 6.07) is 5.97. The highest BCUT2D eigenvalue weighted by Crippen LogP contribution is 2.68. The topological polar surface area (TPSA) is 152 Å². The van der Waals surface area contributed by atoms with Crippen molar-refractivity contribution < 1.29 is 53.3 Å². The van der Waals surface area contributed by atoms with E-state index in [-0.39, 0.29) is 30.3 Å². The van der Waals surface area contributed by atoms with Gasteiger partial charge in [0.1, 0.15) is 5.67 Å². The Hall–Kier alpha value is -2.84. The molecule has 0 radical (unpaired) electrons. The van der Waals surface area contributed by atoms with Gasteiger partial charge in [-0.25, -0.2) is 14.0 Å². The fourth-order valence-corrected chi connectivity index (χ4v) is 8.10. The molecule has 5 rings (SSSR count). The maximum Gasteiger partial charge on any atom is 0.338 e. The zero-order valence-corrected chi connectivity index (χ0v) is 26.2. The van der Waals surface area contributed by atoms with Crippen LogP contribution >= 0.6 is 0 Å². The van der Waals surface area contributed by atoms with E-state index in [1.165, 1.54) is 37.3 Å². The number of Topliss-reactive ketones (excluding diaryl/α,β-unsaturated/α-hetero) is 1.